The number of aromatic hydroxyl groups is 1. The predicted molar refractivity (Wildman–Crippen MR) is 147 cm³/mol. The van der Waals surface area contributed by atoms with E-state index in [1.165, 1.54) is 65.9 Å². The van der Waals surface area contributed by atoms with E-state index in [-0.39, 0.29) is 28.6 Å². The van der Waals surface area contributed by atoms with E-state index in [1.807, 2.05) is 0 Å². The highest BCUT2D eigenvalue weighted by Gasteiger charge is 2.15. The first-order valence-corrected chi connectivity index (χ1v) is 11.4. The van der Waals surface area contributed by atoms with Crippen LogP contribution in [0, 0.1) is 10.1 Å². The summed E-state index contributed by atoms with van der Waals surface area (Å²) < 4.78 is 26.4. The number of nitrogens with one attached hydrogen (secondary N) is 1. The summed E-state index contributed by atoms with van der Waals surface area (Å²) in [4.78, 5) is 23.1. The van der Waals surface area contributed by atoms with E-state index < -0.39 is 10.8 Å². The van der Waals surface area contributed by atoms with Crippen molar-refractivity contribution in [2.24, 2.45) is 0 Å². The van der Waals surface area contributed by atoms with Crippen LogP contribution in [0.4, 0.5) is 11.4 Å². The number of nitro groups is 1. The summed E-state index contributed by atoms with van der Waals surface area (Å²) in [7, 11) is 7.29. The summed E-state index contributed by atoms with van der Waals surface area (Å²) in [5.41, 5.74) is 1.82. The first kappa shape index (κ1) is 28.4. The fourth-order valence-electron chi connectivity index (χ4n) is 3.66. The highest BCUT2D eigenvalue weighted by molar-refractivity contribution is 6.03. The molecule has 3 aromatic carbocycles. The predicted octanol–water partition coefficient (Wildman–Crippen LogP) is 5.17. The van der Waals surface area contributed by atoms with Gasteiger partial charge in [0.15, 0.2) is 28.7 Å². The van der Waals surface area contributed by atoms with E-state index >= 15 is 0 Å². The Labute approximate surface area is 225 Å². The summed E-state index contributed by atoms with van der Waals surface area (Å²) in [5.74, 6) is 0.874. The lowest BCUT2D eigenvalue weighted by Crippen LogP contribution is -2.08. The van der Waals surface area contributed by atoms with E-state index in [2.05, 4.69) is 5.32 Å². The number of nitrogens with zero attached hydrogens (tertiary/aromatic N) is 1. The lowest BCUT2D eigenvalue weighted by atomic mass is 10.1. The first-order chi connectivity index (χ1) is 18.7. The fourth-order valence-corrected chi connectivity index (χ4v) is 3.66. The van der Waals surface area contributed by atoms with Gasteiger partial charge >= 0.3 is 5.69 Å². The molecule has 0 unspecified atom stereocenters. The summed E-state index contributed by atoms with van der Waals surface area (Å²) in [6, 6.07) is 10.9. The van der Waals surface area contributed by atoms with Crippen molar-refractivity contribution in [3.8, 4) is 34.5 Å². The number of hydrogen-bond acceptors (Lipinski definition) is 9. The molecule has 11 nitrogen and oxygen atoms in total. The number of methoxy groups -OCH3 is 5. The first-order valence-electron chi connectivity index (χ1n) is 11.4. The van der Waals surface area contributed by atoms with Gasteiger partial charge in [0.2, 0.25) is 11.7 Å². The van der Waals surface area contributed by atoms with Crippen molar-refractivity contribution < 1.29 is 38.5 Å². The maximum absolute atomic E-state index is 12.6. The van der Waals surface area contributed by atoms with E-state index in [1.54, 1.807) is 36.4 Å². The molecule has 3 aromatic rings. The third-order valence-electron chi connectivity index (χ3n) is 5.56. The normalized spacial score (nSPS) is 10.9. The zero-order valence-corrected chi connectivity index (χ0v) is 22.0. The van der Waals surface area contributed by atoms with Gasteiger partial charge < -0.3 is 34.1 Å². The number of carbonyl (C=O) groups excluding carboxylic acids is 1. The van der Waals surface area contributed by atoms with Crippen molar-refractivity contribution in [1.82, 2.24) is 0 Å². The van der Waals surface area contributed by atoms with Gasteiger partial charge in [-0.2, -0.15) is 0 Å². The van der Waals surface area contributed by atoms with Crippen LogP contribution in [0.1, 0.15) is 16.7 Å². The topological polar surface area (TPSA) is 139 Å². The number of amides is 1. The van der Waals surface area contributed by atoms with Gasteiger partial charge in [-0.3, -0.25) is 14.9 Å². The van der Waals surface area contributed by atoms with Crippen LogP contribution in [-0.4, -0.2) is 51.5 Å². The van der Waals surface area contributed by atoms with Crippen molar-refractivity contribution in [2.45, 2.75) is 0 Å². The molecule has 3 rings (SSSR count). The Morgan fingerprint density at radius 2 is 1.31 bits per heavy atom. The van der Waals surface area contributed by atoms with Crippen LogP contribution in [0.3, 0.4) is 0 Å². The molecular weight excluding hydrogens is 508 g/mol. The molecule has 39 heavy (non-hydrogen) atoms. The Bertz CT molecular complexity index is 1410. The minimum absolute atomic E-state index is 0.0662. The van der Waals surface area contributed by atoms with Gasteiger partial charge in [0.25, 0.3) is 0 Å². The van der Waals surface area contributed by atoms with Crippen molar-refractivity contribution in [3.63, 3.8) is 0 Å². The Hall–Kier alpha value is -5.19. The zero-order valence-electron chi connectivity index (χ0n) is 22.0. The standard InChI is InChI=1S/C28H28N2O9/c1-35-22-13-17(8-10-21(22)30(33)34)9-11-26(31)29-20-12-18(14-23(36-2)27(20)32)6-7-19-15-24(37-3)28(39-5)25(16-19)38-4/h6-16,32H,1-5H3,(H,29,31)/b7-6+,11-9+. The molecule has 0 spiro atoms. The van der Waals surface area contributed by atoms with Crippen LogP contribution < -0.4 is 29.0 Å². The van der Waals surface area contributed by atoms with Gasteiger partial charge in [-0.15, -0.1) is 0 Å². The average Bonchev–Trinajstić information content (AvgIpc) is 2.95. The van der Waals surface area contributed by atoms with Crippen LogP contribution >= 0.6 is 0 Å². The van der Waals surface area contributed by atoms with Gasteiger partial charge in [0.05, 0.1) is 46.2 Å². The van der Waals surface area contributed by atoms with Crippen LogP contribution in [0.15, 0.2) is 48.5 Å². The Morgan fingerprint density at radius 3 is 1.85 bits per heavy atom. The largest absolute Gasteiger partial charge is 0.503 e. The zero-order chi connectivity index (χ0) is 28.5. The van der Waals surface area contributed by atoms with Crippen molar-refractivity contribution >= 4 is 35.5 Å². The lowest BCUT2D eigenvalue weighted by Gasteiger charge is -2.13. The second-order valence-electron chi connectivity index (χ2n) is 7.92. The third kappa shape index (κ3) is 6.77. The molecule has 2 N–H and O–H groups in total. The van der Waals surface area contributed by atoms with Gasteiger partial charge in [-0.05, 0) is 59.2 Å². The summed E-state index contributed by atoms with van der Waals surface area (Å²) >= 11 is 0. The van der Waals surface area contributed by atoms with E-state index in [9.17, 15) is 20.0 Å². The van der Waals surface area contributed by atoms with Gasteiger partial charge in [-0.25, -0.2) is 0 Å². The highest BCUT2D eigenvalue weighted by Crippen LogP contribution is 2.39. The number of rotatable bonds is 11. The fraction of sp³-hybridized carbons (Fsp3) is 0.179. The van der Waals surface area contributed by atoms with Gasteiger partial charge in [-0.1, -0.05) is 12.2 Å². The molecule has 0 radical (unpaired) electrons. The number of carbonyl (C=O) groups is 1. The summed E-state index contributed by atoms with van der Waals surface area (Å²) in [5, 5.41) is 24.3. The Morgan fingerprint density at radius 1 is 0.769 bits per heavy atom. The molecule has 0 heterocycles. The molecule has 0 saturated heterocycles. The van der Waals surface area contributed by atoms with Crippen molar-refractivity contribution in [2.75, 3.05) is 40.9 Å². The maximum atomic E-state index is 12.6. The Kier molecular flexibility index (Phi) is 9.36. The van der Waals surface area contributed by atoms with Crippen LogP contribution in [-0.2, 0) is 4.79 Å². The molecule has 1 amide bonds. The highest BCUT2D eigenvalue weighted by atomic mass is 16.6. The number of hydrogen-bond donors (Lipinski definition) is 2. The third-order valence-corrected chi connectivity index (χ3v) is 5.56. The molecule has 0 aliphatic carbocycles. The number of phenolic OH excluding ortho intramolecular Hbond substituents is 1. The molecule has 0 aliphatic heterocycles. The van der Waals surface area contributed by atoms with Crippen LogP contribution in [0.5, 0.6) is 34.5 Å². The second-order valence-corrected chi connectivity index (χ2v) is 7.92. The maximum Gasteiger partial charge on any atom is 0.310 e. The number of anilines is 1. The average molecular weight is 537 g/mol. The molecule has 0 aromatic heterocycles. The van der Waals surface area contributed by atoms with E-state index in [0.29, 0.717) is 28.4 Å². The molecule has 0 saturated carbocycles. The van der Waals surface area contributed by atoms with Crippen LogP contribution in [0.25, 0.3) is 18.2 Å². The molecular formula is C28H28N2O9. The second kappa shape index (κ2) is 12.9. The molecule has 0 bridgehead atoms. The minimum Gasteiger partial charge on any atom is -0.503 e. The molecule has 0 fully saturated rings. The summed E-state index contributed by atoms with van der Waals surface area (Å²) in [6.45, 7) is 0. The van der Waals surface area contributed by atoms with E-state index in [4.69, 9.17) is 23.7 Å². The van der Waals surface area contributed by atoms with E-state index in [0.717, 1.165) is 5.56 Å². The smallest absolute Gasteiger partial charge is 0.310 e. The SMILES string of the molecule is COc1cc(/C=C/C(=O)Nc2cc(/C=C/c3cc(OC)c(OC)c(OC)c3)cc(OC)c2O)ccc1[N+](=O)[O-]. The van der Waals surface area contributed by atoms with Crippen molar-refractivity contribution in [3.05, 3.63) is 75.3 Å². The van der Waals surface area contributed by atoms with Gasteiger partial charge in [0, 0.05) is 12.1 Å². The summed E-state index contributed by atoms with van der Waals surface area (Å²) in [6.07, 6.45) is 6.25. The number of benzene rings is 3. The van der Waals surface area contributed by atoms with Crippen molar-refractivity contribution in [1.29, 1.82) is 0 Å². The van der Waals surface area contributed by atoms with Crippen LogP contribution in [0.2, 0.25) is 0 Å². The Balaban J connectivity index is 1.85. The lowest BCUT2D eigenvalue weighted by molar-refractivity contribution is -0.385. The monoisotopic (exact) mass is 536 g/mol. The number of phenols is 1. The molecule has 11 heteroatoms. The van der Waals surface area contributed by atoms with Gasteiger partial charge in [0.1, 0.15) is 0 Å². The molecule has 0 aliphatic rings. The number of ether oxygens (including phenoxy) is 5. The minimum atomic E-state index is -0.557. The molecule has 204 valence electrons. The number of nitro benzene ring substituents is 1. The quantitative estimate of drug-likeness (QED) is 0.112. The molecule has 0 atom stereocenters.